The maximum atomic E-state index is 13.6. The third kappa shape index (κ3) is 3.16. The van der Waals surface area contributed by atoms with Gasteiger partial charge in [0.05, 0.1) is 6.61 Å². The molecule has 1 atom stereocenters. The smallest absolute Gasteiger partial charge is 0.362 e. The molecule has 4 saturated carbocycles. The van der Waals surface area contributed by atoms with Crippen LogP contribution in [0.1, 0.15) is 38.5 Å². The lowest BCUT2D eigenvalue weighted by Gasteiger charge is -2.56. The number of alkyl halides is 5. The second-order valence-corrected chi connectivity index (χ2v) is 9.18. The Morgan fingerprint density at radius 2 is 1.42 bits per heavy atom. The van der Waals surface area contributed by atoms with Crippen LogP contribution >= 0.6 is 0 Å². The molecule has 4 fully saturated rings. The average molecular weight is 378 g/mol. The van der Waals surface area contributed by atoms with E-state index in [2.05, 4.69) is 4.74 Å². The molecule has 0 aromatic heterocycles. The molecule has 0 aromatic carbocycles. The Morgan fingerprint density at radius 1 is 1.00 bits per heavy atom. The summed E-state index contributed by atoms with van der Waals surface area (Å²) in [5, 5.41) is -5.44. The summed E-state index contributed by atoms with van der Waals surface area (Å²) in [6, 6.07) is 0. The van der Waals surface area contributed by atoms with E-state index < -0.39 is 39.7 Å². The monoisotopic (exact) mass is 378 g/mol. The summed E-state index contributed by atoms with van der Waals surface area (Å²) < 4.78 is 100. The predicted octanol–water partition coefficient (Wildman–Crippen LogP) is 3.63. The largest absolute Gasteiger partial charge is 0.421 e. The minimum Gasteiger partial charge on any atom is -0.362 e. The zero-order valence-corrected chi connectivity index (χ0v) is 13.5. The van der Waals surface area contributed by atoms with Gasteiger partial charge in [0.1, 0.15) is 0 Å². The lowest BCUT2D eigenvalue weighted by atomic mass is 9.50. The van der Waals surface area contributed by atoms with Crippen molar-refractivity contribution in [2.75, 3.05) is 6.61 Å². The van der Waals surface area contributed by atoms with Gasteiger partial charge in [-0.2, -0.15) is 30.4 Å². The molecule has 140 valence electrons. The summed E-state index contributed by atoms with van der Waals surface area (Å²) in [5.41, 5.74) is -0.590. The van der Waals surface area contributed by atoms with Crippen molar-refractivity contribution in [3.63, 3.8) is 0 Å². The number of hydrogen-bond donors (Lipinski definition) is 1. The summed E-state index contributed by atoms with van der Waals surface area (Å²) in [7, 11) is -6.24. The van der Waals surface area contributed by atoms with E-state index in [0.717, 1.165) is 19.3 Å². The standard InChI is InChI=1S/C14H19F5O4S/c15-13(16,17)11(14(18,19)24(20,21)22)23-7-12-4-8-1-9(5-12)3-10(2-8)6-12/h8-11H,1-7H2,(H,20,21,22). The Bertz CT molecular complexity index is 565. The van der Waals surface area contributed by atoms with Crippen molar-refractivity contribution in [3.05, 3.63) is 0 Å². The zero-order valence-electron chi connectivity index (χ0n) is 12.7. The van der Waals surface area contributed by atoms with Gasteiger partial charge in [-0.1, -0.05) is 0 Å². The lowest BCUT2D eigenvalue weighted by Crippen LogP contribution is -2.54. The Kier molecular flexibility index (Phi) is 4.20. The molecule has 0 saturated heterocycles. The summed E-state index contributed by atoms with van der Waals surface area (Å²) in [5.74, 6) is 1.14. The zero-order chi connectivity index (χ0) is 18.0. The van der Waals surface area contributed by atoms with Crippen molar-refractivity contribution in [1.29, 1.82) is 0 Å². The third-order valence-electron chi connectivity index (χ3n) is 5.67. The van der Waals surface area contributed by atoms with Crippen molar-refractivity contribution in [1.82, 2.24) is 0 Å². The van der Waals surface area contributed by atoms with Gasteiger partial charge in [0.25, 0.3) is 0 Å². The van der Waals surface area contributed by atoms with E-state index in [1.165, 1.54) is 0 Å². The highest BCUT2D eigenvalue weighted by atomic mass is 32.2. The second-order valence-electron chi connectivity index (χ2n) is 7.69. The number of halogens is 5. The van der Waals surface area contributed by atoms with Crippen LogP contribution < -0.4 is 0 Å². The van der Waals surface area contributed by atoms with Gasteiger partial charge in [0.15, 0.2) is 0 Å². The van der Waals surface area contributed by atoms with E-state index in [-0.39, 0.29) is 0 Å². The van der Waals surface area contributed by atoms with E-state index in [1.54, 1.807) is 0 Å². The van der Waals surface area contributed by atoms with Crippen molar-refractivity contribution in [2.24, 2.45) is 23.2 Å². The summed E-state index contributed by atoms with van der Waals surface area (Å²) in [6.07, 6.45) is -4.55. The van der Waals surface area contributed by atoms with E-state index in [4.69, 9.17) is 4.55 Å². The molecule has 0 aromatic rings. The van der Waals surface area contributed by atoms with Gasteiger partial charge in [-0.3, -0.25) is 4.55 Å². The fourth-order valence-corrected chi connectivity index (χ4v) is 5.72. The summed E-state index contributed by atoms with van der Waals surface area (Å²) in [4.78, 5) is 0. The van der Waals surface area contributed by atoms with Crippen LogP contribution in [-0.2, 0) is 14.9 Å². The molecule has 4 aliphatic carbocycles. The molecular formula is C14H19F5O4S. The van der Waals surface area contributed by atoms with Gasteiger partial charge < -0.3 is 4.74 Å². The molecule has 24 heavy (non-hydrogen) atoms. The SMILES string of the molecule is O=S(=O)(O)C(F)(F)C(OCC12CC3CC(CC(C3)C1)C2)C(F)(F)F. The van der Waals surface area contributed by atoms with Crippen LogP contribution in [0.4, 0.5) is 22.0 Å². The van der Waals surface area contributed by atoms with Crippen LogP contribution in [-0.4, -0.2) is 37.1 Å². The first-order valence-corrected chi connectivity index (χ1v) is 9.30. The minimum absolute atomic E-state index is 0.381. The molecule has 0 spiro atoms. The Hall–Kier alpha value is -0.480. The molecular weight excluding hydrogens is 359 g/mol. The topological polar surface area (TPSA) is 63.6 Å². The molecule has 0 radical (unpaired) electrons. The van der Waals surface area contributed by atoms with Crippen molar-refractivity contribution < 1.29 is 39.7 Å². The highest BCUT2D eigenvalue weighted by Crippen LogP contribution is 2.60. The van der Waals surface area contributed by atoms with E-state index >= 15 is 0 Å². The van der Waals surface area contributed by atoms with E-state index in [9.17, 15) is 30.4 Å². The molecule has 1 unspecified atom stereocenters. The van der Waals surface area contributed by atoms with Crippen LogP contribution in [0.15, 0.2) is 0 Å². The number of ether oxygens (including phenoxy) is 1. The molecule has 4 nitrogen and oxygen atoms in total. The van der Waals surface area contributed by atoms with Crippen molar-refractivity contribution in [3.8, 4) is 0 Å². The van der Waals surface area contributed by atoms with E-state index in [0.29, 0.717) is 37.0 Å². The van der Waals surface area contributed by atoms with Gasteiger partial charge in [-0.05, 0) is 61.7 Å². The summed E-state index contributed by atoms with van der Waals surface area (Å²) >= 11 is 0. The van der Waals surface area contributed by atoms with Gasteiger partial charge in [-0.15, -0.1) is 0 Å². The predicted molar refractivity (Wildman–Crippen MR) is 72.9 cm³/mol. The fraction of sp³-hybridized carbons (Fsp3) is 1.00. The van der Waals surface area contributed by atoms with Crippen molar-refractivity contribution >= 4 is 10.1 Å². The maximum Gasteiger partial charge on any atom is 0.421 e. The first-order chi connectivity index (χ1) is 10.8. The van der Waals surface area contributed by atoms with Gasteiger partial charge >= 0.3 is 21.5 Å². The first-order valence-electron chi connectivity index (χ1n) is 7.86. The second kappa shape index (κ2) is 5.51. The Labute approximate surface area is 136 Å². The molecule has 0 amide bonds. The first kappa shape index (κ1) is 18.3. The van der Waals surface area contributed by atoms with Crippen molar-refractivity contribution in [2.45, 2.75) is 56.1 Å². The fourth-order valence-electron chi connectivity index (χ4n) is 5.24. The van der Waals surface area contributed by atoms with Crippen LogP contribution in [0.5, 0.6) is 0 Å². The Morgan fingerprint density at radius 3 is 1.75 bits per heavy atom. The van der Waals surface area contributed by atoms with E-state index in [1.807, 2.05) is 0 Å². The molecule has 10 heteroatoms. The maximum absolute atomic E-state index is 13.6. The minimum atomic E-state index is -6.24. The molecule has 1 N–H and O–H groups in total. The average Bonchev–Trinajstić information content (AvgIpc) is 2.33. The number of rotatable bonds is 5. The third-order valence-corrected chi connectivity index (χ3v) is 6.57. The molecule has 4 aliphatic rings. The Balaban J connectivity index is 1.78. The van der Waals surface area contributed by atoms with Gasteiger partial charge in [-0.25, -0.2) is 0 Å². The van der Waals surface area contributed by atoms with Crippen LogP contribution in [0.25, 0.3) is 0 Å². The molecule has 4 rings (SSSR count). The highest BCUT2D eigenvalue weighted by Gasteiger charge is 2.65. The quantitative estimate of drug-likeness (QED) is 0.586. The summed E-state index contributed by atoms with van der Waals surface area (Å²) in [6.45, 7) is -0.564. The van der Waals surface area contributed by atoms with Crippen LogP contribution in [0, 0.1) is 23.2 Å². The van der Waals surface area contributed by atoms with Crippen LogP contribution in [0.3, 0.4) is 0 Å². The van der Waals surface area contributed by atoms with Gasteiger partial charge in [0.2, 0.25) is 6.10 Å². The highest BCUT2D eigenvalue weighted by molar-refractivity contribution is 7.86. The van der Waals surface area contributed by atoms with Crippen LogP contribution in [0.2, 0.25) is 0 Å². The molecule has 0 aliphatic heterocycles. The number of hydrogen-bond acceptors (Lipinski definition) is 3. The molecule has 0 heterocycles. The normalized spacial score (nSPS) is 37.7. The lowest BCUT2D eigenvalue weighted by molar-refractivity contribution is -0.275. The molecule has 4 bridgehead atoms. The van der Waals surface area contributed by atoms with Gasteiger partial charge in [0, 0.05) is 0 Å².